The molecule has 0 aromatic heterocycles. The number of hydrogen-bond donors (Lipinski definition) is 2. The zero-order valence-electron chi connectivity index (χ0n) is 47.4. The zero-order valence-corrected chi connectivity index (χ0v) is 48.2. The third-order valence-corrected chi connectivity index (χ3v) is 14.1. The van der Waals surface area contributed by atoms with Gasteiger partial charge >= 0.3 is 5.97 Å². The molecule has 0 atom stereocenters. The van der Waals surface area contributed by atoms with Crippen LogP contribution in [0.5, 0.6) is 5.75 Å². The van der Waals surface area contributed by atoms with Crippen LogP contribution in [0.2, 0.25) is 0 Å². The Balaban J connectivity index is 0.755. The molecule has 0 bridgehead atoms. The van der Waals surface area contributed by atoms with Gasteiger partial charge in [0.25, 0.3) is 0 Å². The molecule has 1 amide bonds. The number of aliphatic imine (C=N–C) groups is 1. The average molecular weight is 1200 g/mol. The molecule has 0 unspecified atom stereocenters. The van der Waals surface area contributed by atoms with Crippen molar-refractivity contribution in [2.24, 2.45) is 16.6 Å². The van der Waals surface area contributed by atoms with Gasteiger partial charge < -0.3 is 63.2 Å². The van der Waals surface area contributed by atoms with Crippen molar-refractivity contribution in [1.29, 1.82) is 0 Å². The third-order valence-electron chi connectivity index (χ3n) is 12.3. The van der Waals surface area contributed by atoms with Gasteiger partial charge in [-0.2, -0.15) is 13.1 Å². The lowest BCUT2D eigenvalue weighted by atomic mass is 10.0. The minimum absolute atomic E-state index is 0.00628. The van der Waals surface area contributed by atoms with Gasteiger partial charge in [0.1, 0.15) is 5.84 Å². The summed E-state index contributed by atoms with van der Waals surface area (Å²) in [6.45, 7) is 16.8. The molecule has 26 heteroatoms. The molecule has 2 heterocycles. The maximum Gasteiger partial charge on any atom is 0.313 e. The highest BCUT2D eigenvalue weighted by molar-refractivity contribution is 7.89. The van der Waals surface area contributed by atoms with Crippen LogP contribution < -0.4 is 15.8 Å². The van der Waals surface area contributed by atoms with Gasteiger partial charge in [-0.15, -0.1) is 0 Å². The molecule has 1 saturated heterocycles. The molecule has 21 nitrogen and oxygen atoms in total. The maximum absolute atomic E-state index is 13.6. The van der Waals surface area contributed by atoms with Crippen molar-refractivity contribution in [2.45, 2.75) is 44.4 Å². The summed E-state index contributed by atoms with van der Waals surface area (Å²) >= 11 is 0. The van der Waals surface area contributed by atoms with Crippen LogP contribution in [0.1, 0.15) is 45.1 Å². The predicted molar refractivity (Wildman–Crippen MR) is 298 cm³/mol. The molecule has 2 aliphatic rings. The maximum atomic E-state index is 13.6. The summed E-state index contributed by atoms with van der Waals surface area (Å²) in [6.07, 6.45) is 3.09. The highest BCUT2D eigenvalue weighted by atomic mass is 32.2. The number of hydrogen-bond acceptors (Lipinski definition) is 19. The number of allylic oxidation sites excluding steroid dienone is 1. The van der Waals surface area contributed by atoms with Gasteiger partial charge in [0.05, 0.1) is 161 Å². The predicted octanol–water partition coefficient (Wildman–Crippen LogP) is 6.15. The fourth-order valence-electron chi connectivity index (χ4n) is 7.94. The van der Waals surface area contributed by atoms with Gasteiger partial charge in [-0.3, -0.25) is 19.5 Å². The number of esters is 1. The summed E-state index contributed by atoms with van der Waals surface area (Å²) in [5.41, 5.74) is 11.1. The van der Waals surface area contributed by atoms with Gasteiger partial charge in [-0.25, -0.2) is 22.2 Å². The minimum atomic E-state index is -3.76. The Hall–Kier alpha value is -5.46. The van der Waals surface area contributed by atoms with E-state index in [2.05, 4.69) is 28.5 Å². The molecule has 5 rings (SSSR count). The first kappa shape index (κ1) is 68.3. The van der Waals surface area contributed by atoms with Crippen LogP contribution in [-0.4, -0.2) is 200 Å². The second kappa shape index (κ2) is 38.5. The van der Waals surface area contributed by atoms with Crippen molar-refractivity contribution in [2.75, 3.05) is 165 Å². The van der Waals surface area contributed by atoms with Crippen molar-refractivity contribution in [3.8, 4) is 16.9 Å². The second-order valence-corrected chi connectivity index (χ2v) is 20.5. The highest BCUT2D eigenvalue weighted by Gasteiger charge is 2.37. The largest absolute Gasteiger partial charge is 0.420 e. The van der Waals surface area contributed by atoms with Crippen LogP contribution in [0.15, 0.2) is 76.3 Å². The second-order valence-electron chi connectivity index (χ2n) is 18.6. The Bertz CT molecular complexity index is 2620. The summed E-state index contributed by atoms with van der Waals surface area (Å²) in [5.74, 6) is -9.29. The van der Waals surface area contributed by atoms with E-state index in [4.69, 9.17) is 57.9 Å². The van der Waals surface area contributed by atoms with E-state index < -0.39 is 51.4 Å². The molecule has 0 radical (unpaired) electrons. The Morgan fingerprint density at radius 1 is 0.675 bits per heavy atom. The third kappa shape index (κ3) is 24.6. The molecule has 0 saturated carbocycles. The van der Waals surface area contributed by atoms with E-state index in [1.807, 2.05) is 37.3 Å². The molecule has 3 N–H and O–H groups in total. The van der Waals surface area contributed by atoms with E-state index in [0.29, 0.717) is 150 Å². The number of nitrogens with zero attached hydrogens (tertiary/aromatic N) is 3. The van der Waals surface area contributed by atoms with Crippen LogP contribution in [0.3, 0.4) is 0 Å². The van der Waals surface area contributed by atoms with Gasteiger partial charge in [-0.05, 0) is 54.3 Å². The number of amidine groups is 1. The molecule has 1 fully saturated rings. The number of rotatable bonds is 45. The van der Waals surface area contributed by atoms with E-state index >= 15 is 0 Å². The van der Waals surface area contributed by atoms with E-state index in [1.54, 1.807) is 23.3 Å². The molecular weight excluding hydrogens is 1120 g/mol. The molecule has 83 heavy (non-hydrogen) atoms. The fraction of sp³-hybridized carbons (Fsp3) is 0.561. The minimum Gasteiger partial charge on any atom is -0.420 e. The highest BCUT2D eigenvalue weighted by Crippen LogP contribution is 2.35. The quantitative estimate of drug-likeness (QED) is 0.0161. The standard InChI is InChI=1S/C57H79F4N5O16S/c1-4-13-66(81-5-2)42(3)47-34-46-10-9-45(36-51(46)64-52(62)37-47)44-7-6-8-48(35-44)83(69,70)65-40-43(41-65)39-63-53(67)11-14-71-16-18-73-20-22-75-24-26-77-28-30-79-32-33-80-31-29-78-27-25-76-23-21-74-19-17-72-15-12-54(68)82-57-55(60)49(58)38-50(59)56(57)61/h6-10,34-36,38,43H,3-5,11-33,37,39-41H2,1-2H3,(H2,62,64)(H,63,67). The molecule has 0 spiro atoms. The molecule has 0 aliphatic carbocycles. The number of carbonyl (C=O) groups excluding carboxylic acids is 2. The Labute approximate surface area is 483 Å². The summed E-state index contributed by atoms with van der Waals surface area (Å²) in [6, 6.07) is 12.7. The van der Waals surface area contributed by atoms with E-state index in [0.717, 1.165) is 34.4 Å². The molecule has 3 aromatic rings. The first-order valence-corrected chi connectivity index (χ1v) is 29.1. The van der Waals surface area contributed by atoms with Crippen LogP contribution in [-0.2, 0) is 71.8 Å². The monoisotopic (exact) mass is 1200 g/mol. The lowest BCUT2D eigenvalue weighted by molar-refractivity contribution is -0.136. The normalized spacial score (nSPS) is 13.7. The number of amides is 1. The van der Waals surface area contributed by atoms with Crippen LogP contribution in [0.4, 0.5) is 23.2 Å². The van der Waals surface area contributed by atoms with Crippen molar-refractivity contribution < 1.29 is 92.5 Å². The SMILES string of the molecule is C=C(C1=Cc2ccc(-c3cccc(S(=O)(=O)N4CC(CNC(=O)CCOCCOCCOCCOCCOCCOCCOCCOCCOCCOCCC(=O)Oc5c(F)c(F)cc(F)c5F)C4)c3)cc2N=C(N)C1)N(CCC)OCC. The number of nitrogens with two attached hydrogens (primary N) is 1. The van der Waals surface area contributed by atoms with E-state index in [-0.39, 0.29) is 62.2 Å². The Kier molecular flexibility index (Phi) is 31.7. The topological polar surface area (TPSA) is 236 Å². The first-order valence-electron chi connectivity index (χ1n) is 27.7. The summed E-state index contributed by atoms with van der Waals surface area (Å²) in [5, 5.41) is 4.68. The average Bonchev–Trinajstić information content (AvgIpc) is 3.72. The van der Waals surface area contributed by atoms with Crippen molar-refractivity contribution in [3.05, 3.63) is 95.2 Å². The van der Waals surface area contributed by atoms with Crippen molar-refractivity contribution >= 4 is 39.5 Å². The Morgan fingerprint density at radius 2 is 1.16 bits per heavy atom. The van der Waals surface area contributed by atoms with Crippen LogP contribution in [0.25, 0.3) is 17.2 Å². The van der Waals surface area contributed by atoms with E-state index in [1.165, 1.54) is 4.31 Å². The molecule has 2 aliphatic heterocycles. The number of hydroxylamine groups is 2. The van der Waals surface area contributed by atoms with Gasteiger partial charge in [-0.1, -0.05) is 37.8 Å². The number of carbonyl (C=O) groups is 2. The smallest absolute Gasteiger partial charge is 0.313 e. The number of sulfonamides is 1. The fourth-order valence-corrected chi connectivity index (χ4v) is 9.58. The first-order chi connectivity index (χ1) is 40.2. The number of ether oxygens (including phenoxy) is 11. The number of nitrogens with one attached hydrogen (secondary N) is 1. The molecule has 3 aromatic carbocycles. The lowest BCUT2D eigenvalue weighted by Gasteiger charge is -2.38. The van der Waals surface area contributed by atoms with Gasteiger partial charge in [0.2, 0.25) is 33.3 Å². The summed E-state index contributed by atoms with van der Waals surface area (Å²) < 4.78 is 141. The van der Waals surface area contributed by atoms with Crippen molar-refractivity contribution in [3.63, 3.8) is 0 Å². The van der Waals surface area contributed by atoms with Crippen LogP contribution >= 0.6 is 0 Å². The number of benzene rings is 3. The zero-order chi connectivity index (χ0) is 59.7. The van der Waals surface area contributed by atoms with Gasteiger partial charge in [0, 0.05) is 56.6 Å². The molecule has 462 valence electrons. The lowest BCUT2D eigenvalue weighted by Crippen LogP contribution is -2.53. The van der Waals surface area contributed by atoms with Gasteiger partial charge in [0.15, 0.2) is 11.6 Å². The Morgan fingerprint density at radius 3 is 1.65 bits per heavy atom. The number of fused-ring (bicyclic) bond motifs is 1. The summed E-state index contributed by atoms with van der Waals surface area (Å²) in [4.78, 5) is 34.9. The number of halogens is 4. The summed E-state index contributed by atoms with van der Waals surface area (Å²) in [7, 11) is -3.76. The molecular formula is C57H79F4N5O16S. The van der Waals surface area contributed by atoms with E-state index in [9.17, 15) is 35.6 Å². The van der Waals surface area contributed by atoms with Crippen molar-refractivity contribution in [1.82, 2.24) is 14.7 Å². The van der Waals surface area contributed by atoms with Crippen LogP contribution in [0, 0.1) is 29.2 Å².